The lowest BCUT2D eigenvalue weighted by Crippen LogP contribution is -2.60. The summed E-state index contributed by atoms with van der Waals surface area (Å²) in [4.78, 5) is 19.2. The molecular formula is C35H47F3N8O. The Morgan fingerprint density at radius 2 is 1.66 bits per heavy atom. The van der Waals surface area contributed by atoms with Crippen molar-refractivity contribution in [2.75, 3.05) is 76.9 Å². The molecule has 1 aromatic heterocycles. The molecule has 1 amide bonds. The van der Waals surface area contributed by atoms with Gasteiger partial charge in [0.1, 0.15) is 0 Å². The van der Waals surface area contributed by atoms with Crippen molar-refractivity contribution < 1.29 is 18.0 Å². The number of fused-ring (bicyclic) bond motifs is 1. The molecule has 0 saturated carbocycles. The van der Waals surface area contributed by atoms with Crippen molar-refractivity contribution in [1.29, 1.82) is 0 Å². The Hall–Kier alpha value is -3.45. The number of piperazine rings is 2. The average Bonchev–Trinajstić information content (AvgIpc) is 3.43. The summed E-state index contributed by atoms with van der Waals surface area (Å²) in [6.45, 7) is 17.0. The smallest absolute Gasteiger partial charge is 0.369 e. The van der Waals surface area contributed by atoms with E-state index in [9.17, 15) is 18.0 Å². The molecule has 4 heterocycles. The summed E-state index contributed by atoms with van der Waals surface area (Å²) in [6, 6.07) is 14.0. The number of aromatic nitrogens is 2. The molecule has 0 aliphatic carbocycles. The van der Waals surface area contributed by atoms with Gasteiger partial charge in [0.05, 0.1) is 23.8 Å². The maximum atomic E-state index is 13.4. The van der Waals surface area contributed by atoms with Crippen LogP contribution in [-0.4, -0.2) is 114 Å². The molecule has 0 bridgehead atoms. The second kappa shape index (κ2) is 14.3. The molecule has 2 fully saturated rings. The highest BCUT2D eigenvalue weighted by molar-refractivity contribution is 5.74. The third-order valence-electron chi connectivity index (χ3n) is 9.95. The molecule has 47 heavy (non-hydrogen) atoms. The molecular weight excluding hydrogens is 605 g/mol. The number of carbonyl (C=O) groups excluding carboxylic acids is 1. The molecule has 254 valence electrons. The first kappa shape index (κ1) is 33.5. The van der Waals surface area contributed by atoms with Gasteiger partial charge in [-0.1, -0.05) is 37.3 Å². The maximum Gasteiger partial charge on any atom is 0.416 e. The lowest BCUT2D eigenvalue weighted by atomic mass is 10.00. The number of likely N-dealkylation sites (N-methyl/N-ethyl adjacent to an activating group) is 1. The molecule has 12 heteroatoms. The highest BCUT2D eigenvalue weighted by Crippen LogP contribution is 2.34. The van der Waals surface area contributed by atoms with Gasteiger partial charge in [0, 0.05) is 114 Å². The van der Waals surface area contributed by atoms with Crippen molar-refractivity contribution in [3.05, 3.63) is 70.9 Å². The van der Waals surface area contributed by atoms with Crippen LogP contribution in [0.25, 0.3) is 11.3 Å². The van der Waals surface area contributed by atoms with Crippen LogP contribution < -0.4 is 10.2 Å². The Morgan fingerprint density at radius 1 is 0.957 bits per heavy atom. The molecule has 2 aromatic carbocycles. The van der Waals surface area contributed by atoms with E-state index in [1.807, 2.05) is 0 Å². The SMILES string of the molecule is CCN(C(CN1CCN(c2ccccc2C)CC1)Cn1nc(-c2ccc(C(F)(F)F)cc2)c2c1CCN(C(C)=O)C2)N1CCNCC1. The summed E-state index contributed by atoms with van der Waals surface area (Å²) in [7, 11) is 0. The normalized spacial score (nSPS) is 18.9. The fraction of sp³-hybridized carbons (Fsp3) is 0.543. The molecule has 1 unspecified atom stereocenters. The van der Waals surface area contributed by atoms with Crippen LogP contribution in [-0.2, 0) is 30.5 Å². The number of hydrogen-bond acceptors (Lipinski definition) is 7. The van der Waals surface area contributed by atoms with Crippen molar-refractivity contribution >= 4 is 11.6 Å². The lowest BCUT2D eigenvalue weighted by Gasteiger charge is -2.45. The zero-order chi connectivity index (χ0) is 33.1. The third kappa shape index (κ3) is 7.51. The second-order valence-electron chi connectivity index (χ2n) is 12.9. The summed E-state index contributed by atoms with van der Waals surface area (Å²) in [5.74, 6) is -0.0136. The molecule has 3 aliphatic heterocycles. The number of alkyl halides is 3. The minimum absolute atomic E-state index is 0.0136. The number of carbonyl (C=O) groups is 1. The van der Waals surface area contributed by atoms with E-state index in [2.05, 4.69) is 67.9 Å². The van der Waals surface area contributed by atoms with Gasteiger partial charge in [-0.25, -0.2) is 10.0 Å². The minimum atomic E-state index is -4.41. The maximum absolute atomic E-state index is 13.4. The van der Waals surface area contributed by atoms with Crippen LogP contribution >= 0.6 is 0 Å². The number of aryl methyl sites for hydroxylation is 1. The van der Waals surface area contributed by atoms with E-state index >= 15 is 0 Å². The van der Waals surface area contributed by atoms with Crippen LogP contribution in [0.3, 0.4) is 0 Å². The number of para-hydroxylation sites is 1. The van der Waals surface area contributed by atoms with Crippen LogP contribution in [0.5, 0.6) is 0 Å². The Balaban J connectivity index is 1.29. The van der Waals surface area contributed by atoms with Gasteiger partial charge >= 0.3 is 6.18 Å². The largest absolute Gasteiger partial charge is 0.416 e. The monoisotopic (exact) mass is 652 g/mol. The molecule has 2 saturated heterocycles. The van der Waals surface area contributed by atoms with Gasteiger partial charge in [0.25, 0.3) is 0 Å². The quantitative estimate of drug-likeness (QED) is 0.374. The lowest BCUT2D eigenvalue weighted by molar-refractivity contribution is -0.137. The summed E-state index contributed by atoms with van der Waals surface area (Å²) in [5, 5.41) is 13.6. The van der Waals surface area contributed by atoms with Crippen molar-refractivity contribution in [2.45, 2.75) is 52.5 Å². The fourth-order valence-corrected chi connectivity index (χ4v) is 7.39. The number of nitrogens with one attached hydrogen (secondary N) is 1. The van der Waals surface area contributed by atoms with Gasteiger partial charge in [-0.05, 0) is 30.7 Å². The summed E-state index contributed by atoms with van der Waals surface area (Å²) in [6.07, 6.45) is -3.75. The van der Waals surface area contributed by atoms with Crippen molar-refractivity contribution in [2.24, 2.45) is 0 Å². The molecule has 6 rings (SSSR count). The molecule has 1 N–H and O–H groups in total. The fourth-order valence-electron chi connectivity index (χ4n) is 7.39. The first-order valence-corrected chi connectivity index (χ1v) is 16.9. The third-order valence-corrected chi connectivity index (χ3v) is 9.95. The van der Waals surface area contributed by atoms with Crippen LogP contribution in [0.2, 0.25) is 0 Å². The van der Waals surface area contributed by atoms with Crippen LogP contribution in [0.15, 0.2) is 48.5 Å². The number of benzene rings is 2. The molecule has 1 atom stereocenters. The van der Waals surface area contributed by atoms with E-state index in [-0.39, 0.29) is 11.9 Å². The zero-order valence-electron chi connectivity index (χ0n) is 27.8. The number of rotatable bonds is 9. The molecule has 0 radical (unpaired) electrons. The first-order valence-electron chi connectivity index (χ1n) is 16.9. The standard InChI is InChI=1S/C35H47F3N8O/c1-4-46(44-17-14-39-15-18-44)30(23-41-19-21-42(22-20-41)32-8-6-5-7-26(32)2)24-45-33-13-16-43(27(3)47)25-31(33)34(40-45)28-9-11-29(12-10-28)35(36,37)38/h5-12,30,39H,4,13-25H2,1-3H3. The number of hydrazine groups is 1. The number of nitrogens with zero attached hydrogens (tertiary/aromatic N) is 7. The zero-order valence-corrected chi connectivity index (χ0v) is 27.8. The predicted octanol–water partition coefficient (Wildman–Crippen LogP) is 4.11. The van der Waals surface area contributed by atoms with Gasteiger partial charge < -0.3 is 15.1 Å². The van der Waals surface area contributed by atoms with Crippen molar-refractivity contribution in [1.82, 2.24) is 34.9 Å². The number of anilines is 1. The average molecular weight is 653 g/mol. The van der Waals surface area contributed by atoms with Crippen LogP contribution in [0, 0.1) is 6.92 Å². The van der Waals surface area contributed by atoms with Crippen LogP contribution in [0.1, 0.15) is 36.2 Å². The summed E-state index contributed by atoms with van der Waals surface area (Å²) >= 11 is 0. The van der Waals surface area contributed by atoms with Crippen LogP contribution in [0.4, 0.5) is 18.9 Å². The minimum Gasteiger partial charge on any atom is -0.369 e. The Labute approximate surface area is 275 Å². The highest BCUT2D eigenvalue weighted by Gasteiger charge is 2.33. The van der Waals surface area contributed by atoms with Gasteiger partial charge in [0.15, 0.2) is 0 Å². The van der Waals surface area contributed by atoms with Crippen molar-refractivity contribution in [3.8, 4) is 11.3 Å². The topological polar surface area (TPSA) is 63.1 Å². The second-order valence-corrected chi connectivity index (χ2v) is 12.9. The highest BCUT2D eigenvalue weighted by atomic mass is 19.4. The van der Waals surface area contributed by atoms with Gasteiger partial charge in [-0.3, -0.25) is 14.4 Å². The molecule has 3 aliphatic rings. The first-order chi connectivity index (χ1) is 22.6. The van der Waals surface area contributed by atoms with E-state index in [0.29, 0.717) is 37.3 Å². The number of amides is 1. The summed E-state index contributed by atoms with van der Waals surface area (Å²) < 4.78 is 42.2. The molecule has 0 spiro atoms. The van der Waals surface area contributed by atoms with Gasteiger partial charge in [-0.15, -0.1) is 0 Å². The van der Waals surface area contributed by atoms with E-state index < -0.39 is 11.7 Å². The summed E-state index contributed by atoms with van der Waals surface area (Å²) in [5.41, 5.74) is 5.22. The van der Waals surface area contributed by atoms with E-state index in [0.717, 1.165) is 88.8 Å². The Kier molecular flexibility index (Phi) is 10.2. The number of halogens is 3. The number of hydrogen-bond donors (Lipinski definition) is 1. The van der Waals surface area contributed by atoms with E-state index in [1.54, 1.807) is 11.8 Å². The Bertz CT molecular complexity index is 1510. The van der Waals surface area contributed by atoms with E-state index in [1.165, 1.54) is 23.4 Å². The van der Waals surface area contributed by atoms with Gasteiger partial charge in [0.2, 0.25) is 5.91 Å². The van der Waals surface area contributed by atoms with Crippen molar-refractivity contribution in [3.63, 3.8) is 0 Å². The Morgan fingerprint density at radius 3 is 2.30 bits per heavy atom. The van der Waals surface area contributed by atoms with Gasteiger partial charge in [-0.2, -0.15) is 18.3 Å². The molecule has 9 nitrogen and oxygen atoms in total. The van der Waals surface area contributed by atoms with E-state index in [4.69, 9.17) is 5.10 Å². The predicted molar refractivity (Wildman–Crippen MR) is 178 cm³/mol. The molecule has 3 aromatic rings.